The Hall–Kier alpha value is -1.26. The lowest BCUT2D eigenvalue weighted by molar-refractivity contribution is 0.102. The molecule has 1 aliphatic rings. The Labute approximate surface area is 121 Å². The number of para-hydroxylation sites is 1. The van der Waals surface area contributed by atoms with Crippen molar-refractivity contribution in [2.45, 2.75) is 29.4 Å². The summed E-state index contributed by atoms with van der Waals surface area (Å²) in [6.45, 7) is 4.40. The molecule has 0 saturated heterocycles. The van der Waals surface area contributed by atoms with E-state index in [0.29, 0.717) is 5.92 Å². The third-order valence-corrected chi connectivity index (χ3v) is 5.37. The van der Waals surface area contributed by atoms with Crippen molar-refractivity contribution < 1.29 is 4.79 Å². The van der Waals surface area contributed by atoms with E-state index in [4.69, 9.17) is 0 Å². The predicted octanol–water partition coefficient (Wildman–Crippen LogP) is 4.66. The number of amides is 1. The molecule has 4 heteroatoms. The maximum absolute atomic E-state index is 12.2. The van der Waals surface area contributed by atoms with E-state index in [9.17, 15) is 4.79 Å². The van der Waals surface area contributed by atoms with Crippen LogP contribution in [-0.4, -0.2) is 5.91 Å². The summed E-state index contributed by atoms with van der Waals surface area (Å²) < 4.78 is 1.11. The first-order valence-corrected chi connectivity index (χ1v) is 7.97. The molecule has 19 heavy (non-hydrogen) atoms. The molecule has 1 aromatic carbocycles. The highest BCUT2D eigenvalue weighted by molar-refractivity contribution is 8.01. The summed E-state index contributed by atoms with van der Waals surface area (Å²) in [7, 11) is 0. The van der Waals surface area contributed by atoms with Crippen molar-refractivity contribution >= 4 is 34.7 Å². The van der Waals surface area contributed by atoms with Gasteiger partial charge in [-0.25, -0.2) is 0 Å². The molecule has 1 aliphatic heterocycles. The molecule has 0 aliphatic carbocycles. The minimum Gasteiger partial charge on any atom is -0.321 e. The largest absolute Gasteiger partial charge is 0.321 e. The van der Waals surface area contributed by atoms with Crippen molar-refractivity contribution in [2.24, 2.45) is 5.92 Å². The van der Waals surface area contributed by atoms with Gasteiger partial charge in [0.25, 0.3) is 5.91 Å². The van der Waals surface area contributed by atoms with E-state index in [2.05, 4.69) is 25.2 Å². The zero-order chi connectivity index (χ0) is 13.4. The molecule has 0 spiro atoms. The normalized spacial score (nSPS) is 13.7. The number of thiophene rings is 1. The minimum absolute atomic E-state index is 0.0127. The summed E-state index contributed by atoms with van der Waals surface area (Å²) in [4.78, 5) is 14.7. The van der Waals surface area contributed by atoms with E-state index in [0.717, 1.165) is 26.8 Å². The minimum atomic E-state index is 0.0127. The van der Waals surface area contributed by atoms with E-state index < -0.39 is 0 Å². The van der Waals surface area contributed by atoms with Crippen molar-refractivity contribution in [3.63, 3.8) is 0 Å². The summed E-state index contributed by atoms with van der Waals surface area (Å²) in [5.74, 6) is 0.626. The second kappa shape index (κ2) is 5.02. The standard InChI is InChI=1S/C15H15NOS2/c1-9(2)7-10-8-11-14(17)16-12-5-3-4-6-13(12)19-15(11)18-10/h3-6,8-9H,7H2,1-2H3,(H,16,17). The van der Waals surface area contributed by atoms with Crippen molar-refractivity contribution in [1.29, 1.82) is 0 Å². The zero-order valence-corrected chi connectivity index (χ0v) is 12.5. The maximum Gasteiger partial charge on any atom is 0.257 e. The van der Waals surface area contributed by atoms with Gasteiger partial charge in [0, 0.05) is 9.77 Å². The van der Waals surface area contributed by atoms with Gasteiger partial charge in [-0.1, -0.05) is 37.7 Å². The monoisotopic (exact) mass is 289 g/mol. The van der Waals surface area contributed by atoms with Crippen LogP contribution in [0.1, 0.15) is 29.1 Å². The van der Waals surface area contributed by atoms with Crippen LogP contribution < -0.4 is 5.32 Å². The van der Waals surface area contributed by atoms with E-state index >= 15 is 0 Å². The number of fused-ring (bicyclic) bond motifs is 2. The van der Waals surface area contributed by atoms with Gasteiger partial charge in [-0.05, 0) is 30.5 Å². The molecule has 2 heterocycles. The fourth-order valence-electron chi connectivity index (χ4n) is 2.11. The Bertz CT molecular complexity index is 631. The Kier molecular flexibility index (Phi) is 3.37. The number of anilines is 1. The fourth-order valence-corrected chi connectivity index (χ4v) is 4.80. The number of nitrogens with one attached hydrogen (secondary N) is 1. The molecule has 98 valence electrons. The van der Waals surface area contributed by atoms with Crippen LogP contribution in [0.15, 0.2) is 39.4 Å². The molecule has 0 bridgehead atoms. The highest BCUT2D eigenvalue weighted by Crippen LogP contribution is 2.43. The van der Waals surface area contributed by atoms with E-state index in [1.807, 2.05) is 24.3 Å². The van der Waals surface area contributed by atoms with Crippen LogP contribution in [0.5, 0.6) is 0 Å². The smallest absolute Gasteiger partial charge is 0.257 e. The quantitative estimate of drug-likeness (QED) is 0.871. The summed E-state index contributed by atoms with van der Waals surface area (Å²) in [6.07, 6.45) is 1.03. The zero-order valence-electron chi connectivity index (χ0n) is 10.9. The van der Waals surface area contributed by atoms with Crippen molar-refractivity contribution in [2.75, 3.05) is 5.32 Å². The van der Waals surface area contributed by atoms with Crippen LogP contribution in [0, 0.1) is 5.92 Å². The van der Waals surface area contributed by atoms with Gasteiger partial charge >= 0.3 is 0 Å². The average Bonchev–Trinajstić information content (AvgIpc) is 2.68. The third-order valence-electron chi connectivity index (χ3n) is 2.94. The Morgan fingerprint density at radius 2 is 2.05 bits per heavy atom. The molecule has 2 aromatic rings. The van der Waals surface area contributed by atoms with E-state index in [1.165, 1.54) is 4.88 Å². The van der Waals surface area contributed by atoms with Crippen molar-refractivity contribution in [1.82, 2.24) is 0 Å². The van der Waals surface area contributed by atoms with Crippen molar-refractivity contribution in [3.8, 4) is 0 Å². The molecule has 3 rings (SSSR count). The lowest BCUT2D eigenvalue weighted by Gasteiger charge is -2.05. The van der Waals surface area contributed by atoms with Gasteiger partial charge in [0.2, 0.25) is 0 Å². The van der Waals surface area contributed by atoms with Gasteiger partial charge in [0.05, 0.1) is 15.5 Å². The Morgan fingerprint density at radius 3 is 2.84 bits per heavy atom. The lowest BCUT2D eigenvalue weighted by atomic mass is 10.1. The van der Waals surface area contributed by atoms with Crippen LogP contribution in [0.25, 0.3) is 0 Å². The molecule has 0 fully saturated rings. The van der Waals surface area contributed by atoms with Crippen LogP contribution in [-0.2, 0) is 6.42 Å². The van der Waals surface area contributed by atoms with Gasteiger partial charge in [-0.15, -0.1) is 11.3 Å². The first kappa shape index (κ1) is 12.8. The molecule has 1 N–H and O–H groups in total. The molecule has 0 unspecified atom stereocenters. The number of hydrogen-bond acceptors (Lipinski definition) is 3. The van der Waals surface area contributed by atoms with Gasteiger partial charge in [-0.2, -0.15) is 0 Å². The summed E-state index contributed by atoms with van der Waals surface area (Å²) in [5.41, 5.74) is 1.73. The van der Waals surface area contributed by atoms with E-state index in [-0.39, 0.29) is 5.91 Å². The Balaban J connectivity index is 2.01. The summed E-state index contributed by atoms with van der Waals surface area (Å²) in [5, 5.41) is 2.99. The first-order valence-electron chi connectivity index (χ1n) is 6.34. The van der Waals surface area contributed by atoms with E-state index in [1.54, 1.807) is 23.1 Å². The first-order chi connectivity index (χ1) is 9.13. The SMILES string of the molecule is CC(C)Cc1cc2c(s1)Sc1ccccc1NC2=O. The van der Waals surface area contributed by atoms with Gasteiger partial charge in [0.1, 0.15) is 0 Å². The van der Waals surface area contributed by atoms with Gasteiger partial charge in [0.15, 0.2) is 0 Å². The third kappa shape index (κ3) is 2.55. The number of hydrogen-bond donors (Lipinski definition) is 1. The Morgan fingerprint density at radius 1 is 1.26 bits per heavy atom. The summed E-state index contributed by atoms with van der Waals surface area (Å²) >= 11 is 3.44. The number of carbonyl (C=O) groups excluding carboxylic acids is 1. The molecular formula is C15H15NOS2. The molecular weight excluding hydrogens is 274 g/mol. The lowest BCUT2D eigenvalue weighted by Crippen LogP contribution is -2.10. The second-order valence-electron chi connectivity index (χ2n) is 5.06. The second-order valence-corrected chi connectivity index (χ2v) is 7.51. The highest BCUT2D eigenvalue weighted by Gasteiger charge is 2.22. The predicted molar refractivity (Wildman–Crippen MR) is 81.4 cm³/mol. The van der Waals surface area contributed by atoms with Crippen LogP contribution in [0.3, 0.4) is 0 Å². The molecule has 0 saturated carbocycles. The van der Waals surface area contributed by atoms with Crippen LogP contribution >= 0.6 is 23.1 Å². The maximum atomic E-state index is 12.2. The number of rotatable bonds is 2. The average molecular weight is 289 g/mol. The van der Waals surface area contributed by atoms with Gasteiger partial charge < -0.3 is 5.32 Å². The molecule has 1 aromatic heterocycles. The number of benzene rings is 1. The fraction of sp³-hybridized carbons (Fsp3) is 0.267. The topological polar surface area (TPSA) is 29.1 Å². The molecule has 2 nitrogen and oxygen atoms in total. The molecule has 0 atom stereocenters. The number of carbonyl (C=O) groups is 1. The van der Waals surface area contributed by atoms with Crippen LogP contribution in [0.2, 0.25) is 0 Å². The summed E-state index contributed by atoms with van der Waals surface area (Å²) in [6, 6.07) is 10.0. The van der Waals surface area contributed by atoms with Gasteiger partial charge in [-0.3, -0.25) is 4.79 Å². The highest BCUT2D eigenvalue weighted by atomic mass is 32.2. The van der Waals surface area contributed by atoms with Crippen molar-refractivity contribution in [3.05, 3.63) is 40.8 Å². The molecule has 0 radical (unpaired) electrons. The van der Waals surface area contributed by atoms with Crippen LogP contribution in [0.4, 0.5) is 5.69 Å². The molecule has 1 amide bonds.